The van der Waals surface area contributed by atoms with Crippen LogP contribution in [0.1, 0.15) is 23.2 Å². The number of nitriles is 1. The Morgan fingerprint density at radius 3 is 1.95 bits per heavy atom. The SMILES string of the molecule is C[Si](C)(CCCC#N)OC(=O)c1c(F)c(F)c(F)c(F)c1F. The molecule has 0 unspecified atom stereocenters. The normalized spacial score (nSPS) is 11.2. The minimum atomic E-state index is -2.75. The quantitative estimate of drug-likeness (QED) is 0.268. The Kier molecular flexibility index (Phi) is 5.65. The Bertz CT molecular complexity index is 613. The van der Waals surface area contributed by atoms with Crippen LogP contribution in [0.4, 0.5) is 22.0 Å². The molecule has 3 nitrogen and oxygen atoms in total. The molecule has 1 aromatic carbocycles. The molecule has 0 aliphatic carbocycles. The number of benzene rings is 1. The van der Waals surface area contributed by atoms with Crippen LogP contribution in [-0.4, -0.2) is 14.3 Å². The summed E-state index contributed by atoms with van der Waals surface area (Å²) in [6.07, 6.45) is 0.608. The lowest BCUT2D eigenvalue weighted by Crippen LogP contribution is -2.34. The molecule has 1 aromatic rings. The number of hydrogen-bond acceptors (Lipinski definition) is 3. The smallest absolute Gasteiger partial charge is 0.331 e. The summed E-state index contributed by atoms with van der Waals surface area (Å²) < 4.78 is 70.9. The molecule has 120 valence electrons. The molecule has 0 radical (unpaired) electrons. The summed E-state index contributed by atoms with van der Waals surface area (Å²) in [5.41, 5.74) is -1.60. The Labute approximate surface area is 124 Å². The molecule has 0 spiro atoms. The van der Waals surface area contributed by atoms with E-state index in [2.05, 4.69) is 0 Å². The largest absolute Gasteiger partial charge is 0.516 e. The van der Waals surface area contributed by atoms with Gasteiger partial charge in [0.25, 0.3) is 0 Å². The first-order valence-electron chi connectivity index (χ1n) is 6.24. The molecular weight excluding hydrogens is 325 g/mol. The highest BCUT2D eigenvalue weighted by molar-refractivity contribution is 6.72. The third-order valence-electron chi connectivity index (χ3n) is 2.85. The first-order valence-corrected chi connectivity index (χ1v) is 9.35. The average molecular weight is 337 g/mol. The molecule has 0 aliphatic rings. The second-order valence-electron chi connectivity index (χ2n) is 5.11. The molecule has 1 rings (SSSR count). The van der Waals surface area contributed by atoms with E-state index in [9.17, 15) is 26.7 Å². The number of rotatable bonds is 5. The minimum absolute atomic E-state index is 0.205. The predicted molar refractivity (Wildman–Crippen MR) is 68.8 cm³/mol. The van der Waals surface area contributed by atoms with Crippen molar-refractivity contribution >= 4 is 14.3 Å². The molecule has 0 amide bonds. The zero-order valence-corrected chi connectivity index (χ0v) is 12.8. The van der Waals surface area contributed by atoms with Gasteiger partial charge in [-0.3, -0.25) is 0 Å². The van der Waals surface area contributed by atoms with Gasteiger partial charge in [-0.2, -0.15) is 5.26 Å². The molecule has 0 heterocycles. The Morgan fingerprint density at radius 2 is 1.50 bits per heavy atom. The molecule has 0 N–H and O–H groups in total. The molecule has 0 fully saturated rings. The maximum atomic E-state index is 13.5. The molecule has 0 aliphatic heterocycles. The second-order valence-corrected chi connectivity index (χ2v) is 9.33. The van der Waals surface area contributed by atoms with E-state index in [0.717, 1.165) is 0 Å². The van der Waals surface area contributed by atoms with Crippen molar-refractivity contribution in [2.75, 3.05) is 0 Å². The number of carbonyl (C=O) groups is 1. The predicted octanol–water partition coefficient (Wildman–Crippen LogP) is 4.05. The summed E-state index contributed by atoms with van der Waals surface area (Å²) in [5, 5.41) is 8.42. The van der Waals surface area contributed by atoms with Gasteiger partial charge in [-0.05, 0) is 25.6 Å². The van der Waals surface area contributed by atoms with E-state index in [4.69, 9.17) is 9.69 Å². The minimum Gasteiger partial charge on any atom is -0.516 e. The van der Waals surface area contributed by atoms with Gasteiger partial charge in [0.2, 0.25) is 14.1 Å². The molecule has 0 atom stereocenters. The van der Waals surface area contributed by atoms with Crippen LogP contribution in [0.5, 0.6) is 0 Å². The Balaban J connectivity index is 3.07. The van der Waals surface area contributed by atoms with E-state index in [1.54, 1.807) is 0 Å². The summed E-state index contributed by atoms with van der Waals surface area (Å²) in [4.78, 5) is 11.8. The van der Waals surface area contributed by atoms with Crippen molar-refractivity contribution < 1.29 is 31.2 Å². The lowest BCUT2D eigenvalue weighted by atomic mass is 10.1. The van der Waals surface area contributed by atoms with Crippen molar-refractivity contribution in [1.29, 1.82) is 5.26 Å². The third-order valence-corrected chi connectivity index (χ3v) is 5.15. The van der Waals surface area contributed by atoms with Crippen LogP contribution >= 0.6 is 0 Å². The maximum Gasteiger partial charge on any atom is 0.331 e. The van der Waals surface area contributed by atoms with E-state index in [1.807, 2.05) is 6.07 Å². The van der Waals surface area contributed by atoms with Crippen LogP contribution in [0, 0.1) is 40.4 Å². The number of hydrogen-bond donors (Lipinski definition) is 0. The lowest BCUT2D eigenvalue weighted by Gasteiger charge is -2.22. The monoisotopic (exact) mass is 337 g/mol. The fourth-order valence-electron chi connectivity index (χ4n) is 1.73. The van der Waals surface area contributed by atoms with Crippen molar-refractivity contribution in [3.8, 4) is 6.07 Å². The fourth-order valence-corrected chi connectivity index (χ4v) is 3.46. The van der Waals surface area contributed by atoms with Crippen LogP contribution in [0.2, 0.25) is 19.1 Å². The molecule has 0 bridgehead atoms. The molecular formula is C13H12F5NO2Si. The number of carbonyl (C=O) groups excluding carboxylic acids is 1. The van der Waals surface area contributed by atoms with Gasteiger partial charge < -0.3 is 4.43 Å². The van der Waals surface area contributed by atoms with Crippen LogP contribution in [0.25, 0.3) is 0 Å². The van der Waals surface area contributed by atoms with Gasteiger partial charge in [0.15, 0.2) is 23.3 Å². The summed E-state index contributed by atoms with van der Waals surface area (Å²) in [7, 11) is -2.75. The first-order chi connectivity index (χ1) is 10.1. The van der Waals surface area contributed by atoms with Gasteiger partial charge in [-0.15, -0.1) is 0 Å². The van der Waals surface area contributed by atoms with E-state index in [0.29, 0.717) is 12.5 Å². The molecule has 0 saturated carbocycles. The van der Waals surface area contributed by atoms with Crippen molar-refractivity contribution in [1.82, 2.24) is 0 Å². The molecule has 22 heavy (non-hydrogen) atoms. The van der Waals surface area contributed by atoms with E-state index in [1.165, 1.54) is 13.1 Å². The van der Waals surface area contributed by atoms with Crippen molar-refractivity contribution in [2.24, 2.45) is 0 Å². The molecule has 0 saturated heterocycles. The van der Waals surface area contributed by atoms with Crippen molar-refractivity contribution in [2.45, 2.75) is 32.0 Å². The van der Waals surface area contributed by atoms with Gasteiger partial charge in [0, 0.05) is 6.42 Å². The summed E-state index contributed by atoms with van der Waals surface area (Å²) in [6.45, 7) is 3.07. The van der Waals surface area contributed by atoms with Crippen LogP contribution in [0.15, 0.2) is 0 Å². The highest BCUT2D eigenvalue weighted by atomic mass is 28.4. The zero-order valence-electron chi connectivity index (χ0n) is 11.8. The first kappa shape index (κ1) is 18.1. The van der Waals surface area contributed by atoms with Gasteiger partial charge >= 0.3 is 5.97 Å². The third kappa shape index (κ3) is 3.82. The zero-order chi connectivity index (χ0) is 17.1. The fraction of sp³-hybridized carbons (Fsp3) is 0.385. The molecule has 0 aromatic heterocycles. The van der Waals surface area contributed by atoms with Gasteiger partial charge in [-0.1, -0.05) is 0 Å². The van der Waals surface area contributed by atoms with Crippen molar-refractivity contribution in [3.05, 3.63) is 34.6 Å². The van der Waals surface area contributed by atoms with Crippen LogP contribution < -0.4 is 0 Å². The number of nitrogens with zero attached hydrogens (tertiary/aromatic N) is 1. The highest BCUT2D eigenvalue weighted by Crippen LogP contribution is 2.25. The average Bonchev–Trinajstić information content (AvgIpc) is 2.42. The summed E-state index contributed by atoms with van der Waals surface area (Å²) in [6, 6.07) is 2.21. The molecule has 9 heteroatoms. The number of unbranched alkanes of at least 4 members (excludes halogenated alkanes) is 1. The van der Waals surface area contributed by atoms with E-state index < -0.39 is 48.9 Å². The van der Waals surface area contributed by atoms with Gasteiger partial charge in [0.05, 0.1) is 6.07 Å². The maximum absolute atomic E-state index is 13.5. The van der Waals surface area contributed by atoms with E-state index in [-0.39, 0.29) is 6.42 Å². The second kappa shape index (κ2) is 6.87. The topological polar surface area (TPSA) is 50.1 Å². The van der Waals surface area contributed by atoms with Gasteiger partial charge in [-0.25, -0.2) is 26.7 Å². The summed E-state index contributed by atoms with van der Waals surface area (Å²) >= 11 is 0. The lowest BCUT2D eigenvalue weighted by molar-refractivity contribution is 0.0707. The van der Waals surface area contributed by atoms with Crippen LogP contribution in [0.3, 0.4) is 0 Å². The standard InChI is InChI=1S/C13H12F5NO2Si/c1-22(2,6-4-3-5-19)21-13(20)7-8(14)10(16)12(18)11(17)9(7)15/h3-4,6H2,1-2H3. The number of halogens is 5. The van der Waals surface area contributed by atoms with Crippen LogP contribution in [-0.2, 0) is 4.43 Å². The van der Waals surface area contributed by atoms with Crippen molar-refractivity contribution in [3.63, 3.8) is 0 Å². The Hall–Kier alpha value is -1.95. The van der Waals surface area contributed by atoms with Gasteiger partial charge in [0.1, 0.15) is 5.56 Å². The van der Waals surface area contributed by atoms with E-state index >= 15 is 0 Å². The Morgan fingerprint density at radius 1 is 1.05 bits per heavy atom. The summed E-state index contributed by atoms with van der Waals surface area (Å²) in [5.74, 6) is -12.8. The highest BCUT2D eigenvalue weighted by Gasteiger charge is 2.34.